The molecule has 6 heteroatoms. The van der Waals surface area contributed by atoms with Gasteiger partial charge in [-0.1, -0.05) is 0 Å². The number of fused-ring (bicyclic) bond motifs is 1. The Morgan fingerprint density at radius 3 is 2.60 bits per heavy atom. The summed E-state index contributed by atoms with van der Waals surface area (Å²) in [6.07, 6.45) is -2.85. The number of nitrogens with zero attached hydrogens (tertiary/aromatic N) is 2. The van der Waals surface area contributed by atoms with Gasteiger partial charge in [0.15, 0.2) is 5.69 Å². The van der Waals surface area contributed by atoms with Crippen LogP contribution in [0.25, 0.3) is 5.52 Å². The number of pyridine rings is 1. The molecule has 15 heavy (non-hydrogen) atoms. The van der Waals surface area contributed by atoms with Gasteiger partial charge in [-0.3, -0.25) is 0 Å². The zero-order valence-corrected chi connectivity index (χ0v) is 9.22. The van der Waals surface area contributed by atoms with E-state index in [1.54, 1.807) is 12.3 Å². The van der Waals surface area contributed by atoms with Crippen LogP contribution < -0.4 is 0 Å². The summed E-state index contributed by atoms with van der Waals surface area (Å²) in [5.41, 5.74) is -0.768. The Balaban J connectivity index is 2.79. The third kappa shape index (κ3) is 1.73. The van der Waals surface area contributed by atoms with Crippen LogP contribution in [0.3, 0.4) is 0 Å². The quantitative estimate of drug-likeness (QED) is 0.722. The molecule has 0 spiro atoms. The minimum absolute atomic E-state index is 0.0724. The molecule has 0 atom stereocenters. The second-order valence-electron chi connectivity index (χ2n) is 3.11. The summed E-state index contributed by atoms with van der Waals surface area (Å²) in [5, 5.41) is 0. The lowest BCUT2D eigenvalue weighted by molar-refractivity contribution is -0.139. The van der Waals surface area contributed by atoms with Crippen LogP contribution in [0.5, 0.6) is 0 Å². The molecule has 0 amide bonds. The first-order chi connectivity index (χ1) is 6.89. The Hall–Kier alpha value is -1.04. The second kappa shape index (κ2) is 3.23. The van der Waals surface area contributed by atoms with Crippen LogP contribution in [-0.2, 0) is 6.18 Å². The van der Waals surface area contributed by atoms with Crippen molar-refractivity contribution < 1.29 is 13.2 Å². The maximum absolute atomic E-state index is 12.5. The molecule has 0 radical (unpaired) electrons. The van der Waals surface area contributed by atoms with Crippen LogP contribution in [-0.4, -0.2) is 9.38 Å². The molecule has 0 aliphatic carbocycles. The first-order valence-corrected chi connectivity index (χ1v) is 4.90. The standard InChI is InChI=1S/C9H6BrF3N2/c1-5-14-8(9(11,12)13)7-3-2-6(10)4-15(5)7/h2-4H,1H3. The lowest BCUT2D eigenvalue weighted by Crippen LogP contribution is -2.05. The summed E-state index contributed by atoms with van der Waals surface area (Å²) in [6, 6.07) is 2.96. The van der Waals surface area contributed by atoms with E-state index in [1.807, 2.05) is 0 Å². The van der Waals surface area contributed by atoms with Gasteiger partial charge in [-0.25, -0.2) is 4.98 Å². The fourth-order valence-electron chi connectivity index (χ4n) is 1.42. The largest absolute Gasteiger partial charge is 0.435 e. The van der Waals surface area contributed by atoms with Gasteiger partial charge in [0.05, 0.1) is 5.52 Å². The third-order valence-corrected chi connectivity index (χ3v) is 2.51. The van der Waals surface area contributed by atoms with Gasteiger partial charge >= 0.3 is 6.18 Å². The Labute approximate surface area is 91.9 Å². The van der Waals surface area contributed by atoms with E-state index in [1.165, 1.54) is 17.4 Å². The molecule has 0 fully saturated rings. The van der Waals surface area contributed by atoms with Gasteiger partial charge in [0.1, 0.15) is 5.82 Å². The average Bonchev–Trinajstić information content (AvgIpc) is 2.43. The van der Waals surface area contributed by atoms with Crippen LogP contribution in [0.4, 0.5) is 13.2 Å². The molecular formula is C9H6BrF3N2. The lowest BCUT2D eigenvalue weighted by atomic mass is 10.3. The molecule has 0 saturated heterocycles. The van der Waals surface area contributed by atoms with Gasteiger partial charge in [-0.2, -0.15) is 13.2 Å². The minimum atomic E-state index is -4.41. The molecule has 0 aliphatic heterocycles. The van der Waals surface area contributed by atoms with Crippen molar-refractivity contribution in [1.82, 2.24) is 9.38 Å². The van der Waals surface area contributed by atoms with Crippen LogP contribution in [0.1, 0.15) is 11.5 Å². The second-order valence-corrected chi connectivity index (χ2v) is 4.02. The van der Waals surface area contributed by atoms with Gasteiger partial charge in [-0.15, -0.1) is 0 Å². The van der Waals surface area contributed by atoms with E-state index in [2.05, 4.69) is 20.9 Å². The summed E-state index contributed by atoms with van der Waals surface area (Å²) in [6.45, 7) is 1.54. The molecule has 0 aliphatic rings. The van der Waals surface area contributed by atoms with E-state index in [-0.39, 0.29) is 5.52 Å². The van der Waals surface area contributed by atoms with Crippen molar-refractivity contribution in [3.05, 3.63) is 34.3 Å². The monoisotopic (exact) mass is 278 g/mol. The fraction of sp³-hybridized carbons (Fsp3) is 0.222. The first-order valence-electron chi connectivity index (χ1n) is 4.11. The molecule has 2 aromatic rings. The third-order valence-electron chi connectivity index (χ3n) is 2.05. The summed E-state index contributed by atoms with van der Waals surface area (Å²) in [4.78, 5) is 3.52. The summed E-state index contributed by atoms with van der Waals surface area (Å²) in [5.74, 6) is 0.318. The molecule has 0 aromatic carbocycles. The van der Waals surface area contributed by atoms with Gasteiger partial charge < -0.3 is 4.40 Å². The summed E-state index contributed by atoms with van der Waals surface area (Å²) >= 11 is 3.20. The van der Waals surface area contributed by atoms with Crippen molar-refractivity contribution in [3.8, 4) is 0 Å². The normalized spacial score (nSPS) is 12.3. The van der Waals surface area contributed by atoms with Gasteiger partial charge in [0, 0.05) is 10.7 Å². The molecule has 2 nitrogen and oxygen atoms in total. The molecule has 0 saturated carbocycles. The Kier molecular flexibility index (Phi) is 2.26. The molecule has 0 N–H and O–H groups in total. The maximum Gasteiger partial charge on any atom is 0.435 e. The van der Waals surface area contributed by atoms with E-state index < -0.39 is 11.9 Å². The highest BCUT2D eigenvalue weighted by molar-refractivity contribution is 9.10. The van der Waals surface area contributed by atoms with Gasteiger partial charge in [-0.05, 0) is 35.0 Å². The SMILES string of the molecule is Cc1nc(C(F)(F)F)c2ccc(Br)cn12. The van der Waals surface area contributed by atoms with Crippen LogP contribution in [0, 0.1) is 6.92 Å². The average molecular weight is 279 g/mol. The summed E-state index contributed by atoms with van der Waals surface area (Å²) < 4.78 is 39.8. The Morgan fingerprint density at radius 1 is 1.33 bits per heavy atom. The highest BCUT2D eigenvalue weighted by atomic mass is 79.9. The molecule has 2 aromatic heterocycles. The van der Waals surface area contributed by atoms with E-state index >= 15 is 0 Å². The Bertz CT molecular complexity index is 516. The minimum Gasteiger partial charge on any atom is -0.302 e. The number of hydrogen-bond donors (Lipinski definition) is 0. The van der Waals surface area contributed by atoms with Crippen LogP contribution in [0.2, 0.25) is 0 Å². The van der Waals surface area contributed by atoms with Crippen LogP contribution in [0.15, 0.2) is 22.8 Å². The zero-order valence-electron chi connectivity index (χ0n) is 7.64. The molecular weight excluding hydrogens is 273 g/mol. The number of imidazole rings is 1. The molecule has 0 unspecified atom stereocenters. The topological polar surface area (TPSA) is 17.3 Å². The first kappa shape index (κ1) is 10.5. The van der Waals surface area contributed by atoms with Crippen LogP contribution >= 0.6 is 15.9 Å². The number of rotatable bonds is 0. The van der Waals surface area contributed by atoms with Crippen molar-refractivity contribution >= 4 is 21.4 Å². The highest BCUT2D eigenvalue weighted by Crippen LogP contribution is 2.32. The Morgan fingerprint density at radius 2 is 2.00 bits per heavy atom. The molecule has 0 bridgehead atoms. The predicted molar refractivity (Wildman–Crippen MR) is 52.6 cm³/mol. The van der Waals surface area contributed by atoms with E-state index in [9.17, 15) is 13.2 Å². The van der Waals surface area contributed by atoms with Crippen molar-refractivity contribution in [2.75, 3.05) is 0 Å². The van der Waals surface area contributed by atoms with Crippen molar-refractivity contribution in [1.29, 1.82) is 0 Å². The molecule has 2 heterocycles. The van der Waals surface area contributed by atoms with Crippen molar-refractivity contribution in [2.45, 2.75) is 13.1 Å². The van der Waals surface area contributed by atoms with Crippen molar-refractivity contribution in [2.24, 2.45) is 0 Å². The molecule has 80 valence electrons. The number of aryl methyl sites for hydroxylation is 1. The van der Waals surface area contributed by atoms with Crippen molar-refractivity contribution in [3.63, 3.8) is 0 Å². The zero-order chi connectivity index (χ0) is 11.2. The lowest BCUT2D eigenvalue weighted by Gasteiger charge is -2.02. The van der Waals surface area contributed by atoms with Gasteiger partial charge in [0.25, 0.3) is 0 Å². The number of halogens is 4. The highest BCUT2D eigenvalue weighted by Gasteiger charge is 2.36. The number of aromatic nitrogens is 2. The summed E-state index contributed by atoms with van der Waals surface area (Å²) in [7, 11) is 0. The van der Waals surface area contributed by atoms with E-state index in [0.717, 1.165) is 0 Å². The fourth-order valence-corrected chi connectivity index (χ4v) is 1.75. The number of hydrogen-bond acceptors (Lipinski definition) is 1. The smallest absolute Gasteiger partial charge is 0.302 e. The number of alkyl halides is 3. The van der Waals surface area contributed by atoms with E-state index in [4.69, 9.17) is 0 Å². The maximum atomic E-state index is 12.5. The van der Waals surface area contributed by atoms with E-state index in [0.29, 0.717) is 10.3 Å². The molecule has 2 rings (SSSR count). The predicted octanol–water partition coefficient (Wildman–Crippen LogP) is 3.42. The van der Waals surface area contributed by atoms with Gasteiger partial charge in [0.2, 0.25) is 0 Å².